The summed E-state index contributed by atoms with van der Waals surface area (Å²) in [4.78, 5) is 22.5. The van der Waals surface area contributed by atoms with Crippen LogP contribution in [0.3, 0.4) is 0 Å². The van der Waals surface area contributed by atoms with E-state index in [9.17, 15) is 9.59 Å². The molecule has 0 aromatic rings. The van der Waals surface area contributed by atoms with Crippen LogP contribution >= 0.6 is 0 Å². The molecule has 1 heterocycles. The molecule has 0 spiro atoms. The lowest BCUT2D eigenvalue weighted by atomic mass is 10.1. The summed E-state index contributed by atoms with van der Waals surface area (Å²) in [6.07, 6.45) is -2.39. The van der Waals surface area contributed by atoms with Gasteiger partial charge >= 0.3 is 11.9 Å². The SMILES string of the molecule is [2H]C[C@@H]1[C@@H](OC(C)=O)[C@H](OC(C)=O)[C@H]2OC(C)(C)O[C@@H]12. The van der Waals surface area contributed by atoms with Gasteiger partial charge in [0.15, 0.2) is 11.9 Å². The van der Waals surface area contributed by atoms with Gasteiger partial charge in [0.25, 0.3) is 0 Å². The van der Waals surface area contributed by atoms with Crippen LogP contribution in [0.1, 0.15) is 36.0 Å². The van der Waals surface area contributed by atoms with Crippen LogP contribution in [0.25, 0.3) is 0 Å². The molecule has 1 saturated heterocycles. The van der Waals surface area contributed by atoms with Gasteiger partial charge in [0.05, 0.1) is 6.10 Å². The van der Waals surface area contributed by atoms with E-state index in [0.29, 0.717) is 0 Å². The number of hydrogen-bond acceptors (Lipinski definition) is 6. The summed E-state index contributed by atoms with van der Waals surface area (Å²) in [5.74, 6) is -2.15. The van der Waals surface area contributed by atoms with Crippen molar-refractivity contribution in [2.24, 2.45) is 5.92 Å². The Labute approximate surface area is 113 Å². The molecule has 108 valence electrons. The number of carbonyl (C=O) groups is 2. The van der Waals surface area contributed by atoms with Crippen molar-refractivity contribution in [2.75, 3.05) is 0 Å². The Bertz CT molecular complexity index is 410. The second kappa shape index (κ2) is 4.76. The summed E-state index contributed by atoms with van der Waals surface area (Å²) in [6, 6.07) is 0. The molecule has 2 fully saturated rings. The highest BCUT2D eigenvalue weighted by Crippen LogP contribution is 2.44. The molecule has 1 saturated carbocycles. The first kappa shape index (κ1) is 12.9. The van der Waals surface area contributed by atoms with Crippen molar-refractivity contribution < 1.29 is 29.9 Å². The fraction of sp³-hybridized carbons (Fsp3) is 0.846. The molecule has 0 aromatic carbocycles. The zero-order valence-electron chi connectivity index (χ0n) is 12.5. The number of ether oxygens (including phenoxy) is 4. The third kappa shape index (κ3) is 2.74. The molecule has 19 heavy (non-hydrogen) atoms. The summed E-state index contributed by atoms with van der Waals surface area (Å²) in [6.45, 7) is 6.09. The monoisotopic (exact) mass is 273 g/mol. The molecule has 0 N–H and O–H groups in total. The Morgan fingerprint density at radius 2 is 1.58 bits per heavy atom. The lowest BCUT2D eigenvalue weighted by molar-refractivity contribution is -0.198. The molecule has 2 aliphatic rings. The van der Waals surface area contributed by atoms with Crippen molar-refractivity contribution in [3.8, 4) is 0 Å². The number of fused-ring (bicyclic) bond motifs is 1. The lowest BCUT2D eigenvalue weighted by Gasteiger charge is -2.28. The van der Waals surface area contributed by atoms with Gasteiger partial charge in [0.2, 0.25) is 0 Å². The fourth-order valence-corrected chi connectivity index (χ4v) is 2.69. The van der Waals surface area contributed by atoms with Gasteiger partial charge in [0.1, 0.15) is 12.2 Å². The molecular weight excluding hydrogens is 252 g/mol. The van der Waals surface area contributed by atoms with Crippen LogP contribution in [0, 0.1) is 5.92 Å². The maximum absolute atomic E-state index is 11.3. The van der Waals surface area contributed by atoms with Crippen molar-refractivity contribution in [3.63, 3.8) is 0 Å². The van der Waals surface area contributed by atoms with E-state index < -0.39 is 42.1 Å². The highest BCUT2D eigenvalue weighted by molar-refractivity contribution is 5.67. The summed E-state index contributed by atoms with van der Waals surface area (Å²) >= 11 is 0. The van der Waals surface area contributed by atoms with E-state index in [1.165, 1.54) is 13.8 Å². The molecule has 0 radical (unpaired) electrons. The van der Waals surface area contributed by atoms with Gasteiger partial charge in [0, 0.05) is 21.1 Å². The van der Waals surface area contributed by atoms with Gasteiger partial charge in [-0.25, -0.2) is 0 Å². The Kier molecular flexibility index (Phi) is 3.22. The molecule has 1 aliphatic heterocycles. The highest BCUT2D eigenvalue weighted by Gasteiger charge is 2.60. The first-order valence-corrected chi connectivity index (χ1v) is 6.24. The van der Waals surface area contributed by atoms with Crippen LogP contribution in [0.5, 0.6) is 0 Å². The smallest absolute Gasteiger partial charge is 0.303 e. The van der Waals surface area contributed by atoms with Crippen LogP contribution in [0.15, 0.2) is 0 Å². The van der Waals surface area contributed by atoms with Crippen molar-refractivity contribution in [1.29, 1.82) is 0 Å². The molecule has 6 nitrogen and oxygen atoms in total. The first-order valence-electron chi connectivity index (χ1n) is 6.95. The van der Waals surface area contributed by atoms with Crippen LogP contribution in [-0.2, 0) is 28.5 Å². The molecule has 2 rings (SSSR count). The second-order valence-electron chi connectivity index (χ2n) is 5.38. The number of esters is 2. The van der Waals surface area contributed by atoms with Crippen LogP contribution in [0.4, 0.5) is 0 Å². The third-order valence-corrected chi connectivity index (χ3v) is 3.26. The Hall–Kier alpha value is -1.14. The predicted octanol–water partition coefficient (Wildman–Crippen LogP) is 1.02. The average Bonchev–Trinajstić information content (AvgIpc) is 2.71. The van der Waals surface area contributed by atoms with Crippen molar-refractivity contribution in [2.45, 2.75) is 64.8 Å². The zero-order valence-corrected chi connectivity index (χ0v) is 11.5. The van der Waals surface area contributed by atoms with Gasteiger partial charge in [-0.2, -0.15) is 0 Å². The van der Waals surface area contributed by atoms with Crippen LogP contribution in [-0.4, -0.2) is 42.1 Å². The minimum Gasteiger partial charge on any atom is -0.458 e. The van der Waals surface area contributed by atoms with Gasteiger partial charge in [-0.15, -0.1) is 0 Å². The van der Waals surface area contributed by atoms with E-state index in [2.05, 4.69) is 0 Å². The summed E-state index contributed by atoms with van der Waals surface area (Å²) in [5.41, 5.74) is 0. The van der Waals surface area contributed by atoms with E-state index in [1.54, 1.807) is 13.8 Å². The van der Waals surface area contributed by atoms with Crippen molar-refractivity contribution in [3.05, 3.63) is 0 Å². The minimum absolute atomic E-state index is 0.00365. The van der Waals surface area contributed by atoms with E-state index in [0.717, 1.165) is 0 Å². The topological polar surface area (TPSA) is 71.1 Å². The van der Waals surface area contributed by atoms with Gasteiger partial charge in [-0.1, -0.05) is 6.90 Å². The van der Waals surface area contributed by atoms with Crippen molar-refractivity contribution >= 4 is 11.9 Å². The second-order valence-corrected chi connectivity index (χ2v) is 5.38. The summed E-state index contributed by atoms with van der Waals surface area (Å²) < 4.78 is 29.7. The minimum atomic E-state index is -0.803. The molecule has 5 atom stereocenters. The van der Waals surface area contributed by atoms with E-state index in [1.807, 2.05) is 0 Å². The molecule has 0 bridgehead atoms. The Balaban J connectivity index is 2.27. The van der Waals surface area contributed by atoms with Crippen LogP contribution < -0.4 is 0 Å². The lowest BCUT2D eigenvalue weighted by Crippen LogP contribution is -2.40. The van der Waals surface area contributed by atoms with E-state index >= 15 is 0 Å². The quantitative estimate of drug-likeness (QED) is 0.699. The normalized spacial score (nSPS) is 40.4. The summed E-state index contributed by atoms with van der Waals surface area (Å²) in [7, 11) is 0. The van der Waals surface area contributed by atoms with Crippen molar-refractivity contribution in [1.82, 2.24) is 0 Å². The molecule has 0 amide bonds. The van der Waals surface area contributed by atoms with Gasteiger partial charge < -0.3 is 18.9 Å². The number of hydrogen-bond donors (Lipinski definition) is 0. The van der Waals surface area contributed by atoms with E-state index in [-0.39, 0.29) is 12.8 Å². The molecule has 1 aliphatic carbocycles. The fourth-order valence-electron chi connectivity index (χ4n) is 2.69. The Morgan fingerprint density at radius 1 is 1.05 bits per heavy atom. The third-order valence-electron chi connectivity index (χ3n) is 3.26. The average molecular weight is 273 g/mol. The largest absolute Gasteiger partial charge is 0.458 e. The predicted molar refractivity (Wildman–Crippen MR) is 64.1 cm³/mol. The van der Waals surface area contributed by atoms with Gasteiger partial charge in [-0.3, -0.25) is 9.59 Å². The van der Waals surface area contributed by atoms with Crippen LogP contribution in [0.2, 0.25) is 0 Å². The number of rotatable bonds is 2. The standard InChI is InChI=1S/C13H20O6/c1-6-9(16-7(2)14)11(17-8(3)15)12-10(6)18-13(4,5)19-12/h6,9-12H,1-5H3/t6-,9-,10+,11+,12+/m1/s1/i1D. The zero-order chi connectivity index (χ0) is 15.1. The molecule has 0 unspecified atom stereocenters. The highest BCUT2D eigenvalue weighted by atomic mass is 16.8. The molecule has 0 aromatic heterocycles. The maximum Gasteiger partial charge on any atom is 0.303 e. The molecular formula is C13H20O6. The molecule has 6 heteroatoms. The maximum atomic E-state index is 11.3. The van der Waals surface area contributed by atoms with E-state index in [4.69, 9.17) is 20.3 Å². The Morgan fingerprint density at radius 3 is 2.11 bits per heavy atom. The van der Waals surface area contributed by atoms with Gasteiger partial charge in [-0.05, 0) is 13.8 Å². The first-order chi connectivity index (χ1) is 9.25. The number of carbonyl (C=O) groups excluding carboxylic acids is 2. The summed E-state index contributed by atoms with van der Waals surface area (Å²) in [5, 5.41) is 0.